The number of pyridine rings is 2. The number of anilines is 6. The summed E-state index contributed by atoms with van der Waals surface area (Å²) in [7, 11) is 0. The molecule has 2 heterocycles. The van der Waals surface area contributed by atoms with E-state index in [0.29, 0.717) is 0 Å². The molecule has 0 amide bonds. The van der Waals surface area contributed by atoms with Crippen molar-refractivity contribution in [1.29, 1.82) is 0 Å². The molecule has 12 rings (SSSR count). The number of rotatable bonds is 12. The molecule has 340 valence electrons. The maximum atomic E-state index is 5.38. The van der Waals surface area contributed by atoms with Crippen LogP contribution in [0.25, 0.3) is 77.8 Å². The molecule has 2 aromatic heterocycles. The second-order valence-electron chi connectivity index (χ2n) is 17.9. The average molecular weight is 921 g/mol. The molecule has 0 saturated carbocycles. The first-order chi connectivity index (χ1) is 35.7. The first kappa shape index (κ1) is 43.6. The van der Waals surface area contributed by atoms with Crippen LogP contribution in [0.4, 0.5) is 34.1 Å². The SMILES string of the molecule is c1ccc(-c2cccc(N(c3ccccc3)c3cc(-c4ccc(-c5cccnc5)cc4)cc(N(c4ccccc4)c4cc(-c5ccccc5)nc(-c5ccccc5)c4)c3-c3ccc4ccccc4c3)c2)cc1. The minimum Gasteiger partial charge on any atom is -0.310 e. The van der Waals surface area contributed by atoms with Crippen molar-refractivity contribution in [3.05, 3.63) is 291 Å². The highest BCUT2D eigenvalue weighted by molar-refractivity contribution is 6.03. The number of para-hydroxylation sites is 2. The zero-order valence-electron chi connectivity index (χ0n) is 39.5. The van der Waals surface area contributed by atoms with Gasteiger partial charge >= 0.3 is 0 Å². The van der Waals surface area contributed by atoms with Crippen molar-refractivity contribution >= 4 is 44.9 Å². The summed E-state index contributed by atoms with van der Waals surface area (Å²) < 4.78 is 0. The molecule has 12 aromatic rings. The Morgan fingerprint density at radius 2 is 0.694 bits per heavy atom. The Balaban J connectivity index is 1.21. The van der Waals surface area contributed by atoms with E-state index in [1.807, 2.05) is 18.5 Å². The first-order valence-corrected chi connectivity index (χ1v) is 24.4. The van der Waals surface area contributed by atoms with Crippen LogP contribution in [0.15, 0.2) is 291 Å². The third-order valence-corrected chi connectivity index (χ3v) is 13.3. The lowest BCUT2D eigenvalue weighted by molar-refractivity contribution is 1.23. The van der Waals surface area contributed by atoms with Crippen LogP contribution in [0.2, 0.25) is 0 Å². The monoisotopic (exact) mass is 920 g/mol. The van der Waals surface area contributed by atoms with E-state index in [4.69, 9.17) is 4.98 Å². The molecular weight excluding hydrogens is 873 g/mol. The van der Waals surface area contributed by atoms with E-state index in [1.165, 1.54) is 5.39 Å². The molecule has 0 saturated heterocycles. The second-order valence-corrected chi connectivity index (χ2v) is 17.9. The van der Waals surface area contributed by atoms with Crippen LogP contribution in [-0.2, 0) is 0 Å². The van der Waals surface area contributed by atoms with Crippen molar-refractivity contribution in [2.75, 3.05) is 9.80 Å². The number of fused-ring (bicyclic) bond motifs is 1. The Hall–Kier alpha value is -9.64. The van der Waals surface area contributed by atoms with Crippen LogP contribution in [0.1, 0.15) is 0 Å². The summed E-state index contributed by atoms with van der Waals surface area (Å²) in [5.74, 6) is 0. The Labute approximate surface area is 421 Å². The van der Waals surface area contributed by atoms with E-state index in [1.54, 1.807) is 0 Å². The molecule has 0 fully saturated rings. The number of hydrogen-bond donors (Lipinski definition) is 0. The molecule has 0 atom stereocenters. The Morgan fingerprint density at radius 1 is 0.250 bits per heavy atom. The van der Waals surface area contributed by atoms with Crippen LogP contribution in [0, 0.1) is 0 Å². The molecule has 0 unspecified atom stereocenters. The van der Waals surface area contributed by atoms with Crippen molar-refractivity contribution in [2.24, 2.45) is 0 Å². The molecule has 4 heteroatoms. The van der Waals surface area contributed by atoms with Gasteiger partial charge in [0.15, 0.2) is 0 Å². The van der Waals surface area contributed by atoms with E-state index >= 15 is 0 Å². The fraction of sp³-hybridized carbons (Fsp3) is 0. The number of hydrogen-bond acceptors (Lipinski definition) is 4. The lowest BCUT2D eigenvalue weighted by Crippen LogP contribution is -2.16. The summed E-state index contributed by atoms with van der Waals surface area (Å²) in [6.45, 7) is 0. The third-order valence-electron chi connectivity index (χ3n) is 13.3. The van der Waals surface area contributed by atoms with Gasteiger partial charge in [-0.1, -0.05) is 206 Å². The first-order valence-electron chi connectivity index (χ1n) is 24.4. The highest BCUT2D eigenvalue weighted by Gasteiger charge is 2.27. The van der Waals surface area contributed by atoms with Gasteiger partial charge in [-0.3, -0.25) is 4.98 Å². The predicted molar refractivity (Wildman–Crippen MR) is 302 cm³/mol. The minimum atomic E-state index is 0.881. The summed E-state index contributed by atoms with van der Waals surface area (Å²) in [6.07, 6.45) is 3.74. The quantitative estimate of drug-likeness (QED) is 0.122. The molecule has 0 spiro atoms. The predicted octanol–water partition coefficient (Wildman–Crippen LogP) is 18.6. The summed E-state index contributed by atoms with van der Waals surface area (Å²) in [6, 6.07) is 99.9. The zero-order valence-corrected chi connectivity index (χ0v) is 39.5. The third kappa shape index (κ3) is 8.93. The maximum absolute atomic E-state index is 5.38. The number of benzene rings is 10. The lowest BCUT2D eigenvalue weighted by atomic mass is 9.91. The van der Waals surface area contributed by atoms with Gasteiger partial charge in [0.25, 0.3) is 0 Å². The molecule has 0 aliphatic rings. The standard InChI is InChI=1S/C68H48N4/c1-6-20-49(21-7-1)56-28-18-34-62(43-56)71(60-30-12-4-13-31-60)66-44-59(52-37-35-51(36-38-52)58-29-19-41-69-48-58)45-67(68(66)57-40-39-50-22-16-17-27-55(50)42-57)72(61-32-14-5-15-33-61)63-46-64(53-23-8-2-9-24-53)70-65(47-63)54-25-10-3-11-26-54/h1-48H. The van der Waals surface area contributed by atoms with E-state index in [0.717, 1.165) is 107 Å². The van der Waals surface area contributed by atoms with Gasteiger partial charge in [0, 0.05) is 46.1 Å². The van der Waals surface area contributed by atoms with Gasteiger partial charge in [0.05, 0.1) is 28.5 Å². The fourth-order valence-electron chi connectivity index (χ4n) is 9.78. The smallest absolute Gasteiger partial charge is 0.0730 e. The van der Waals surface area contributed by atoms with Gasteiger partial charge in [0.1, 0.15) is 0 Å². The van der Waals surface area contributed by atoms with Gasteiger partial charge in [0.2, 0.25) is 0 Å². The van der Waals surface area contributed by atoms with Gasteiger partial charge in [-0.25, -0.2) is 4.98 Å². The Kier molecular flexibility index (Phi) is 12.0. The van der Waals surface area contributed by atoms with Crippen LogP contribution < -0.4 is 9.80 Å². The zero-order chi connectivity index (χ0) is 48.1. The Bertz CT molecular complexity index is 3710. The number of aromatic nitrogens is 2. The normalized spacial score (nSPS) is 11.1. The average Bonchev–Trinajstić information content (AvgIpc) is 3.46. The van der Waals surface area contributed by atoms with Crippen molar-refractivity contribution in [3.63, 3.8) is 0 Å². The van der Waals surface area contributed by atoms with E-state index in [2.05, 4.69) is 288 Å². The highest BCUT2D eigenvalue weighted by Crippen LogP contribution is 2.52. The maximum Gasteiger partial charge on any atom is 0.0730 e. The van der Waals surface area contributed by atoms with E-state index < -0.39 is 0 Å². The van der Waals surface area contributed by atoms with Crippen LogP contribution >= 0.6 is 0 Å². The lowest BCUT2D eigenvalue weighted by Gasteiger charge is -2.34. The van der Waals surface area contributed by atoms with Gasteiger partial charge in [-0.05, 0) is 123 Å². The van der Waals surface area contributed by atoms with Gasteiger partial charge in [-0.15, -0.1) is 0 Å². The summed E-state index contributed by atoms with van der Waals surface area (Å²) in [4.78, 5) is 14.7. The summed E-state index contributed by atoms with van der Waals surface area (Å²) in [5.41, 5.74) is 18.7. The minimum absolute atomic E-state index is 0.881. The van der Waals surface area contributed by atoms with Crippen LogP contribution in [0.3, 0.4) is 0 Å². The van der Waals surface area contributed by atoms with Crippen molar-refractivity contribution in [3.8, 4) is 67.0 Å². The molecule has 10 aromatic carbocycles. The molecule has 0 radical (unpaired) electrons. The molecule has 0 bridgehead atoms. The molecule has 0 aliphatic carbocycles. The highest BCUT2D eigenvalue weighted by atomic mass is 15.2. The fourth-order valence-corrected chi connectivity index (χ4v) is 9.78. The largest absolute Gasteiger partial charge is 0.310 e. The summed E-state index contributed by atoms with van der Waals surface area (Å²) in [5, 5.41) is 2.34. The van der Waals surface area contributed by atoms with Crippen molar-refractivity contribution in [2.45, 2.75) is 0 Å². The van der Waals surface area contributed by atoms with Gasteiger partial charge in [-0.2, -0.15) is 0 Å². The van der Waals surface area contributed by atoms with Crippen LogP contribution in [0.5, 0.6) is 0 Å². The summed E-state index contributed by atoms with van der Waals surface area (Å²) >= 11 is 0. The van der Waals surface area contributed by atoms with E-state index in [9.17, 15) is 0 Å². The molecule has 4 nitrogen and oxygen atoms in total. The molecule has 0 N–H and O–H groups in total. The second kappa shape index (κ2) is 19.8. The molecule has 0 aliphatic heterocycles. The van der Waals surface area contributed by atoms with Crippen LogP contribution in [-0.4, -0.2) is 9.97 Å². The molecular formula is C68H48N4. The Morgan fingerprint density at radius 3 is 1.26 bits per heavy atom. The molecule has 72 heavy (non-hydrogen) atoms. The van der Waals surface area contributed by atoms with Crippen molar-refractivity contribution < 1.29 is 0 Å². The number of nitrogens with zero attached hydrogens (tertiary/aromatic N) is 4. The van der Waals surface area contributed by atoms with Crippen molar-refractivity contribution in [1.82, 2.24) is 9.97 Å². The van der Waals surface area contributed by atoms with Gasteiger partial charge < -0.3 is 9.80 Å². The topological polar surface area (TPSA) is 32.3 Å². The van der Waals surface area contributed by atoms with E-state index in [-0.39, 0.29) is 0 Å².